The molecule has 0 radical (unpaired) electrons. The molecular formula is C14H17F3N2O5S. The lowest BCUT2D eigenvalue weighted by Crippen LogP contribution is -2.47. The number of nitrogens with one attached hydrogen (secondary N) is 1. The number of carboxylic acid groups (broad SMARTS) is 1. The van der Waals surface area contributed by atoms with Crippen molar-refractivity contribution in [2.75, 3.05) is 13.1 Å². The number of halogens is 3. The van der Waals surface area contributed by atoms with Crippen molar-refractivity contribution in [2.45, 2.75) is 31.0 Å². The van der Waals surface area contributed by atoms with Crippen LogP contribution < -0.4 is 5.32 Å². The molecule has 0 heterocycles. The number of alkyl halides is 3. The Morgan fingerprint density at radius 3 is 2.32 bits per heavy atom. The third kappa shape index (κ3) is 5.16. The number of carbonyl (C=O) groups is 2. The third-order valence-corrected chi connectivity index (χ3v) is 5.30. The predicted molar refractivity (Wildman–Crippen MR) is 81.1 cm³/mol. The van der Waals surface area contributed by atoms with E-state index in [2.05, 4.69) is 5.32 Å². The lowest BCUT2D eigenvalue weighted by molar-refractivity contribution is -0.140. The summed E-state index contributed by atoms with van der Waals surface area (Å²) in [6.45, 7) is 1.45. The summed E-state index contributed by atoms with van der Waals surface area (Å²) >= 11 is 0. The van der Waals surface area contributed by atoms with Gasteiger partial charge in [-0.25, -0.2) is 8.42 Å². The van der Waals surface area contributed by atoms with Gasteiger partial charge in [0.2, 0.25) is 15.9 Å². The molecule has 0 fully saturated rings. The van der Waals surface area contributed by atoms with E-state index in [4.69, 9.17) is 5.11 Å². The van der Waals surface area contributed by atoms with Crippen LogP contribution in [-0.4, -0.2) is 48.8 Å². The largest absolute Gasteiger partial charge is 0.480 e. The minimum atomic E-state index is -4.93. The van der Waals surface area contributed by atoms with E-state index in [9.17, 15) is 31.2 Å². The first-order valence-electron chi connectivity index (χ1n) is 7.04. The number of benzene rings is 1. The van der Waals surface area contributed by atoms with Crippen molar-refractivity contribution in [2.24, 2.45) is 0 Å². The van der Waals surface area contributed by atoms with Crippen molar-refractivity contribution in [3.05, 3.63) is 29.8 Å². The van der Waals surface area contributed by atoms with Gasteiger partial charge in [0.05, 0.1) is 10.5 Å². The molecule has 7 nitrogen and oxygen atoms in total. The number of carbonyl (C=O) groups excluding carboxylic acids is 1. The fourth-order valence-electron chi connectivity index (χ4n) is 2.04. The fraction of sp³-hybridized carbons (Fsp3) is 0.429. The van der Waals surface area contributed by atoms with Gasteiger partial charge in [0.15, 0.2) is 0 Å². The second-order valence-electron chi connectivity index (χ2n) is 5.11. The number of nitrogens with zero attached hydrogens (tertiary/aromatic N) is 1. The van der Waals surface area contributed by atoms with Crippen molar-refractivity contribution in [1.29, 1.82) is 0 Å². The predicted octanol–water partition coefficient (Wildman–Crippen LogP) is 1.31. The van der Waals surface area contributed by atoms with E-state index >= 15 is 0 Å². The molecule has 1 unspecified atom stereocenters. The molecule has 1 aromatic rings. The summed E-state index contributed by atoms with van der Waals surface area (Å²) in [5, 5.41) is 11.4. The molecule has 11 heteroatoms. The van der Waals surface area contributed by atoms with Crippen LogP contribution in [0.1, 0.15) is 19.4 Å². The highest BCUT2D eigenvalue weighted by molar-refractivity contribution is 7.89. The summed E-state index contributed by atoms with van der Waals surface area (Å²) in [7, 11) is -4.78. The second kappa shape index (κ2) is 7.83. The molecule has 2 N–H and O–H groups in total. The average molecular weight is 382 g/mol. The van der Waals surface area contributed by atoms with Gasteiger partial charge in [0.25, 0.3) is 0 Å². The normalized spacial score (nSPS) is 13.5. The quantitative estimate of drug-likeness (QED) is 0.740. The Balaban J connectivity index is 3.37. The number of carboxylic acids is 1. The van der Waals surface area contributed by atoms with Crippen LogP contribution in [0, 0.1) is 0 Å². The fourth-order valence-corrected chi connectivity index (χ4v) is 3.84. The maximum Gasteiger partial charge on any atom is 0.417 e. The number of hydrogen-bond donors (Lipinski definition) is 2. The van der Waals surface area contributed by atoms with Crippen molar-refractivity contribution >= 4 is 21.9 Å². The maximum absolute atomic E-state index is 13.1. The molecular weight excluding hydrogens is 365 g/mol. The van der Waals surface area contributed by atoms with E-state index in [0.717, 1.165) is 25.1 Å². The maximum atomic E-state index is 13.1. The van der Waals surface area contributed by atoms with Gasteiger partial charge in [-0.2, -0.15) is 17.5 Å². The highest BCUT2D eigenvalue weighted by atomic mass is 32.2. The molecule has 1 rings (SSSR count). The number of aliphatic carboxylic acids is 1. The summed E-state index contributed by atoms with van der Waals surface area (Å²) in [6.07, 6.45) is -4.93. The van der Waals surface area contributed by atoms with Gasteiger partial charge in [-0.05, 0) is 19.1 Å². The van der Waals surface area contributed by atoms with E-state index in [0.29, 0.717) is 10.4 Å². The topological polar surface area (TPSA) is 104 Å². The number of hydrogen-bond acceptors (Lipinski definition) is 4. The Morgan fingerprint density at radius 2 is 1.84 bits per heavy atom. The Morgan fingerprint density at radius 1 is 1.28 bits per heavy atom. The zero-order valence-electron chi connectivity index (χ0n) is 13.4. The summed E-state index contributed by atoms with van der Waals surface area (Å²) in [5.41, 5.74) is -1.39. The lowest BCUT2D eigenvalue weighted by Gasteiger charge is -2.27. The van der Waals surface area contributed by atoms with E-state index in [1.54, 1.807) is 0 Å². The minimum absolute atomic E-state index is 0.250. The summed E-state index contributed by atoms with van der Waals surface area (Å²) in [6, 6.07) is 1.88. The smallest absolute Gasteiger partial charge is 0.417 e. The van der Waals surface area contributed by atoms with Gasteiger partial charge < -0.3 is 10.4 Å². The molecule has 0 saturated heterocycles. The van der Waals surface area contributed by atoms with Crippen LogP contribution in [0.3, 0.4) is 0 Å². The van der Waals surface area contributed by atoms with Gasteiger partial charge in [0, 0.05) is 20.0 Å². The van der Waals surface area contributed by atoms with Crippen LogP contribution in [0.4, 0.5) is 13.2 Å². The Labute approximate surface area is 142 Å². The van der Waals surface area contributed by atoms with Crippen LogP contribution in [-0.2, 0) is 25.8 Å². The lowest BCUT2D eigenvalue weighted by atomic mass is 10.2. The first-order chi connectivity index (χ1) is 11.4. The monoisotopic (exact) mass is 382 g/mol. The van der Waals surface area contributed by atoms with Crippen molar-refractivity contribution in [3.63, 3.8) is 0 Å². The van der Waals surface area contributed by atoms with E-state index in [-0.39, 0.29) is 6.54 Å². The third-order valence-electron chi connectivity index (χ3n) is 3.27. The Bertz CT molecular complexity index is 749. The molecule has 0 saturated carbocycles. The van der Waals surface area contributed by atoms with Gasteiger partial charge in [-0.3, -0.25) is 9.59 Å². The van der Waals surface area contributed by atoms with Crippen LogP contribution in [0.15, 0.2) is 29.2 Å². The number of rotatable bonds is 7. The van der Waals surface area contributed by atoms with Crippen LogP contribution in [0.2, 0.25) is 0 Å². The van der Waals surface area contributed by atoms with E-state index in [1.807, 2.05) is 0 Å². The van der Waals surface area contributed by atoms with Crippen LogP contribution >= 0.6 is 0 Å². The summed E-state index contributed by atoms with van der Waals surface area (Å²) in [4.78, 5) is 21.0. The zero-order valence-corrected chi connectivity index (χ0v) is 14.2. The molecule has 0 aliphatic rings. The first kappa shape index (κ1) is 20.9. The summed E-state index contributed by atoms with van der Waals surface area (Å²) < 4.78 is 65.1. The standard InChI is InChI=1S/C14H17F3N2O5S/c1-9(13(21)22)19(8-7-18-10(2)20)25(23,24)12-6-4-3-5-11(12)14(15,16)17/h3-6,9H,7-8H2,1-2H3,(H,18,20)(H,21,22). The van der Waals surface area contributed by atoms with Gasteiger partial charge in [-0.1, -0.05) is 12.1 Å². The molecule has 1 aromatic carbocycles. The van der Waals surface area contributed by atoms with Crippen LogP contribution in [0.5, 0.6) is 0 Å². The highest BCUT2D eigenvalue weighted by Gasteiger charge is 2.41. The average Bonchev–Trinajstić information content (AvgIpc) is 2.49. The zero-order chi connectivity index (χ0) is 19.4. The van der Waals surface area contributed by atoms with Gasteiger partial charge in [0.1, 0.15) is 6.04 Å². The van der Waals surface area contributed by atoms with Crippen molar-refractivity contribution in [1.82, 2.24) is 9.62 Å². The number of amides is 1. The molecule has 0 bridgehead atoms. The highest BCUT2D eigenvalue weighted by Crippen LogP contribution is 2.35. The molecule has 25 heavy (non-hydrogen) atoms. The van der Waals surface area contributed by atoms with E-state index in [1.165, 1.54) is 6.92 Å². The molecule has 1 atom stereocenters. The molecule has 1 amide bonds. The van der Waals surface area contributed by atoms with Crippen molar-refractivity contribution < 1.29 is 36.3 Å². The number of sulfonamides is 1. The first-order valence-corrected chi connectivity index (χ1v) is 8.48. The van der Waals surface area contributed by atoms with Crippen molar-refractivity contribution in [3.8, 4) is 0 Å². The Hall–Kier alpha value is -2.14. The van der Waals surface area contributed by atoms with E-state index < -0.39 is 51.1 Å². The Kier molecular flexibility index (Phi) is 6.54. The summed E-state index contributed by atoms with van der Waals surface area (Å²) in [5.74, 6) is -2.02. The molecule has 0 aliphatic heterocycles. The molecule has 0 aliphatic carbocycles. The molecule has 0 aromatic heterocycles. The van der Waals surface area contributed by atoms with Crippen LogP contribution in [0.25, 0.3) is 0 Å². The van der Waals surface area contributed by atoms with Gasteiger partial charge in [-0.15, -0.1) is 0 Å². The minimum Gasteiger partial charge on any atom is -0.480 e. The second-order valence-corrected chi connectivity index (χ2v) is 6.97. The van der Waals surface area contributed by atoms with Gasteiger partial charge >= 0.3 is 12.1 Å². The molecule has 0 spiro atoms. The molecule has 140 valence electrons. The SMILES string of the molecule is CC(=O)NCCN(C(C)C(=O)O)S(=O)(=O)c1ccccc1C(F)(F)F.